The average Bonchev–Trinajstić information content (AvgIpc) is 2.52. The quantitative estimate of drug-likeness (QED) is 0.633. The molecule has 3 aliphatic heterocycles. The summed E-state index contributed by atoms with van der Waals surface area (Å²) < 4.78 is 24.9. The van der Waals surface area contributed by atoms with E-state index in [4.69, 9.17) is 0 Å². The van der Waals surface area contributed by atoms with Crippen LogP contribution in [0.4, 0.5) is 8.78 Å². The van der Waals surface area contributed by atoms with E-state index >= 15 is 0 Å². The molecule has 0 aromatic carbocycles. The predicted octanol–water partition coefficient (Wildman–Crippen LogP) is 0.833. The number of halogens is 2. The highest BCUT2D eigenvalue weighted by Crippen LogP contribution is 2.25. The van der Waals surface area contributed by atoms with Crippen LogP contribution >= 0.6 is 0 Å². The molecule has 3 fully saturated rings. The molecule has 2 unspecified atom stereocenters. The predicted molar refractivity (Wildman–Crippen MR) is 60.0 cm³/mol. The van der Waals surface area contributed by atoms with Gasteiger partial charge < -0.3 is 10.2 Å². The van der Waals surface area contributed by atoms with Gasteiger partial charge >= 0.3 is 5.92 Å². The van der Waals surface area contributed by atoms with Crippen molar-refractivity contribution in [2.75, 3.05) is 26.2 Å². The summed E-state index contributed by atoms with van der Waals surface area (Å²) in [7, 11) is 0. The van der Waals surface area contributed by atoms with E-state index in [-0.39, 0.29) is 13.0 Å². The molecule has 0 spiro atoms. The van der Waals surface area contributed by atoms with E-state index in [9.17, 15) is 8.78 Å². The zero-order valence-electron chi connectivity index (χ0n) is 9.90. The van der Waals surface area contributed by atoms with Gasteiger partial charge in [0.05, 0.1) is 19.0 Å². The third-order valence-corrected chi connectivity index (χ3v) is 3.88. The first-order valence-electron chi connectivity index (χ1n) is 6.60. The zero-order chi connectivity index (χ0) is 11.4. The van der Waals surface area contributed by atoms with Crippen molar-refractivity contribution in [1.29, 1.82) is 0 Å². The van der Waals surface area contributed by atoms with Crippen LogP contribution in [0.15, 0.2) is 0 Å². The van der Waals surface area contributed by atoms with E-state index < -0.39 is 5.92 Å². The molecule has 0 bridgehead atoms. The number of fused-ring (bicyclic) bond motifs is 1. The van der Waals surface area contributed by atoms with Crippen LogP contribution in [0.25, 0.3) is 0 Å². The van der Waals surface area contributed by atoms with Crippen molar-refractivity contribution in [3.8, 4) is 0 Å². The van der Waals surface area contributed by atoms with E-state index in [1.54, 1.807) is 0 Å². The van der Waals surface area contributed by atoms with Crippen LogP contribution in [0, 0.1) is 0 Å². The summed E-state index contributed by atoms with van der Waals surface area (Å²) >= 11 is 0. The van der Waals surface area contributed by atoms with Gasteiger partial charge in [0.2, 0.25) is 0 Å². The molecule has 3 rings (SSSR count). The molecule has 0 aliphatic carbocycles. The fourth-order valence-corrected chi connectivity index (χ4v) is 2.78. The Bertz CT molecular complexity index is 187. The van der Waals surface area contributed by atoms with Gasteiger partial charge in [0, 0.05) is 6.42 Å². The van der Waals surface area contributed by atoms with E-state index in [1.165, 1.54) is 38.8 Å². The lowest BCUT2D eigenvalue weighted by Crippen LogP contribution is -3.20. The Balaban J connectivity index is 0.000000125. The number of hydrogen-bond acceptors (Lipinski definition) is 1. The number of alkyl halides is 2. The second-order valence-electron chi connectivity index (χ2n) is 5.29. The Kier molecular flexibility index (Phi) is 4.14. The van der Waals surface area contributed by atoms with Crippen LogP contribution < -0.4 is 10.2 Å². The summed E-state index contributed by atoms with van der Waals surface area (Å²) in [5.74, 6) is -2.34. The molecule has 2 nitrogen and oxygen atoms in total. The van der Waals surface area contributed by atoms with Gasteiger partial charge in [-0.15, -0.1) is 0 Å². The van der Waals surface area contributed by atoms with Crippen molar-refractivity contribution in [2.24, 2.45) is 0 Å². The number of rotatable bonds is 0. The van der Waals surface area contributed by atoms with Gasteiger partial charge in [-0.1, -0.05) is 12.8 Å². The van der Waals surface area contributed by atoms with Gasteiger partial charge in [0.1, 0.15) is 6.54 Å². The zero-order valence-corrected chi connectivity index (χ0v) is 9.90. The van der Waals surface area contributed by atoms with Crippen LogP contribution in [-0.4, -0.2) is 38.1 Å². The van der Waals surface area contributed by atoms with Gasteiger partial charge in [0.25, 0.3) is 0 Å². The SMILES string of the molecule is C1CCCNCC1.FC1(F)CC2CC[NH+]2C1. The van der Waals surface area contributed by atoms with E-state index in [0.717, 1.165) is 17.9 Å². The van der Waals surface area contributed by atoms with Gasteiger partial charge in [-0.2, -0.15) is 0 Å². The van der Waals surface area contributed by atoms with Crippen molar-refractivity contribution < 1.29 is 13.7 Å². The molecular weight excluding hydrogens is 210 g/mol. The summed E-state index contributed by atoms with van der Waals surface area (Å²) in [6.07, 6.45) is 6.81. The molecule has 4 heteroatoms. The topological polar surface area (TPSA) is 16.5 Å². The van der Waals surface area contributed by atoms with Crippen molar-refractivity contribution in [3.63, 3.8) is 0 Å². The second-order valence-corrected chi connectivity index (χ2v) is 5.29. The van der Waals surface area contributed by atoms with Crippen LogP contribution in [0.1, 0.15) is 38.5 Å². The summed E-state index contributed by atoms with van der Waals surface area (Å²) in [5.41, 5.74) is 0. The van der Waals surface area contributed by atoms with Crippen molar-refractivity contribution >= 4 is 0 Å². The van der Waals surface area contributed by atoms with E-state index in [1.807, 2.05) is 0 Å². The normalized spacial score (nSPS) is 36.4. The number of nitrogens with one attached hydrogen (secondary N) is 2. The van der Waals surface area contributed by atoms with Crippen molar-refractivity contribution in [3.05, 3.63) is 0 Å². The van der Waals surface area contributed by atoms with Crippen LogP contribution in [-0.2, 0) is 0 Å². The first kappa shape index (κ1) is 12.2. The van der Waals surface area contributed by atoms with Gasteiger partial charge in [-0.3, -0.25) is 0 Å². The fraction of sp³-hybridized carbons (Fsp3) is 1.00. The Morgan fingerprint density at radius 2 is 1.75 bits per heavy atom. The molecule has 3 heterocycles. The maximum atomic E-state index is 12.5. The van der Waals surface area contributed by atoms with Crippen LogP contribution in [0.3, 0.4) is 0 Å². The number of quaternary nitrogens is 1. The van der Waals surface area contributed by atoms with Crippen LogP contribution in [0.5, 0.6) is 0 Å². The first-order chi connectivity index (χ1) is 7.67. The Hall–Kier alpha value is -0.220. The highest BCUT2D eigenvalue weighted by atomic mass is 19.3. The van der Waals surface area contributed by atoms with Gasteiger partial charge in [0.15, 0.2) is 0 Å². The minimum absolute atomic E-state index is 0.0949. The molecule has 3 saturated heterocycles. The highest BCUT2D eigenvalue weighted by molar-refractivity contribution is 4.81. The third-order valence-electron chi connectivity index (χ3n) is 3.88. The maximum Gasteiger partial charge on any atom is 0.301 e. The maximum absolute atomic E-state index is 12.5. The highest BCUT2D eigenvalue weighted by Gasteiger charge is 2.53. The second kappa shape index (κ2) is 5.41. The first-order valence-corrected chi connectivity index (χ1v) is 6.60. The van der Waals surface area contributed by atoms with E-state index in [0.29, 0.717) is 6.04 Å². The average molecular weight is 233 g/mol. The van der Waals surface area contributed by atoms with Crippen molar-refractivity contribution in [2.45, 2.75) is 50.5 Å². The molecular formula is C12H23F2N2+. The fourth-order valence-electron chi connectivity index (χ4n) is 2.78. The van der Waals surface area contributed by atoms with Gasteiger partial charge in [-0.05, 0) is 25.9 Å². The molecule has 0 saturated carbocycles. The summed E-state index contributed by atoms with van der Waals surface area (Å²) in [5, 5.41) is 3.35. The lowest BCUT2D eigenvalue weighted by atomic mass is 10.0. The Morgan fingerprint density at radius 3 is 2.12 bits per heavy atom. The molecule has 2 N–H and O–H groups in total. The molecule has 3 aliphatic rings. The monoisotopic (exact) mass is 233 g/mol. The Morgan fingerprint density at radius 1 is 1.06 bits per heavy atom. The summed E-state index contributed by atoms with van der Waals surface area (Å²) in [6.45, 7) is 3.57. The minimum Gasteiger partial charge on any atom is -0.327 e. The molecule has 0 aromatic heterocycles. The molecule has 94 valence electrons. The smallest absolute Gasteiger partial charge is 0.301 e. The molecule has 2 atom stereocenters. The van der Waals surface area contributed by atoms with Gasteiger partial charge in [-0.25, -0.2) is 8.78 Å². The molecule has 0 radical (unpaired) electrons. The molecule has 16 heavy (non-hydrogen) atoms. The standard InChI is InChI=1S/C6H9F2N.C6H13N/c7-6(8)3-5-1-2-9(5)4-6;1-2-4-6-7-5-3-1/h5H,1-4H2;7H,1-6H2/p+1. The molecule has 0 amide bonds. The molecule has 0 aromatic rings. The minimum atomic E-state index is -2.34. The van der Waals surface area contributed by atoms with Crippen LogP contribution in [0.2, 0.25) is 0 Å². The number of hydrogen-bond donors (Lipinski definition) is 2. The lowest BCUT2D eigenvalue weighted by molar-refractivity contribution is -0.956. The van der Waals surface area contributed by atoms with E-state index in [2.05, 4.69) is 5.32 Å². The summed E-state index contributed by atoms with van der Waals surface area (Å²) in [6, 6.07) is 0.306. The lowest BCUT2D eigenvalue weighted by Gasteiger charge is -2.29. The Labute approximate surface area is 96.4 Å². The summed E-state index contributed by atoms with van der Waals surface area (Å²) in [4.78, 5) is 1.13. The van der Waals surface area contributed by atoms with Crippen molar-refractivity contribution in [1.82, 2.24) is 5.32 Å². The largest absolute Gasteiger partial charge is 0.327 e. The third kappa shape index (κ3) is 3.39.